The van der Waals surface area contributed by atoms with Crippen molar-refractivity contribution in [3.8, 4) is 0 Å². The van der Waals surface area contributed by atoms with Crippen LogP contribution in [0, 0.1) is 0 Å². The molecule has 0 aliphatic carbocycles. The van der Waals surface area contributed by atoms with Crippen LogP contribution in [0.5, 0.6) is 0 Å². The summed E-state index contributed by atoms with van der Waals surface area (Å²) in [4.78, 5) is 11.2. The van der Waals surface area contributed by atoms with Gasteiger partial charge in [0.25, 0.3) is 0 Å². The molecular weight excluding hydrogens is 198 g/mol. The van der Waals surface area contributed by atoms with Gasteiger partial charge in [0.2, 0.25) is 5.91 Å². The van der Waals surface area contributed by atoms with Crippen LogP contribution in [-0.4, -0.2) is 11.9 Å². The second kappa shape index (κ2) is 3.62. The summed E-state index contributed by atoms with van der Waals surface area (Å²) in [6, 6.07) is 7.93. The Morgan fingerprint density at radius 2 is 2.29 bits per heavy atom. The topological polar surface area (TPSA) is 29.1 Å². The van der Waals surface area contributed by atoms with E-state index in [1.54, 1.807) is 0 Å². The molecule has 1 amide bonds. The number of nitrogens with one attached hydrogen (secondary N) is 1. The summed E-state index contributed by atoms with van der Waals surface area (Å²) >= 11 is 5.90. The van der Waals surface area contributed by atoms with Crippen molar-refractivity contribution in [2.45, 2.75) is 25.3 Å². The molecule has 74 valence electrons. The molecule has 1 aromatic rings. The molecule has 3 heteroatoms. The van der Waals surface area contributed by atoms with Crippen molar-refractivity contribution < 1.29 is 4.79 Å². The lowest BCUT2D eigenvalue weighted by Gasteiger charge is -2.14. The number of hydrogen-bond acceptors (Lipinski definition) is 1. The first kappa shape index (κ1) is 9.53. The SMILES string of the molecule is C[C@H]1NC(=O)C[C@H]1c1cccc(Cl)c1. The highest BCUT2D eigenvalue weighted by Crippen LogP contribution is 2.29. The van der Waals surface area contributed by atoms with E-state index in [0.717, 1.165) is 10.6 Å². The highest BCUT2D eigenvalue weighted by molar-refractivity contribution is 6.30. The maximum Gasteiger partial charge on any atom is 0.220 e. The van der Waals surface area contributed by atoms with Gasteiger partial charge >= 0.3 is 0 Å². The predicted octanol–water partition coefficient (Wildman–Crippen LogP) is 2.33. The summed E-state index contributed by atoms with van der Waals surface area (Å²) in [7, 11) is 0. The van der Waals surface area contributed by atoms with Crippen LogP contribution >= 0.6 is 11.6 Å². The molecule has 1 saturated heterocycles. The first-order chi connectivity index (χ1) is 6.66. The van der Waals surface area contributed by atoms with E-state index in [2.05, 4.69) is 5.32 Å². The molecule has 1 fully saturated rings. The van der Waals surface area contributed by atoms with Crippen LogP contribution < -0.4 is 5.32 Å². The minimum absolute atomic E-state index is 0.127. The van der Waals surface area contributed by atoms with Crippen molar-refractivity contribution in [1.82, 2.24) is 5.32 Å². The second-order valence-electron chi connectivity index (χ2n) is 3.72. The molecule has 0 radical (unpaired) electrons. The van der Waals surface area contributed by atoms with E-state index >= 15 is 0 Å². The Morgan fingerprint density at radius 3 is 2.86 bits per heavy atom. The van der Waals surface area contributed by atoms with Crippen LogP contribution in [0.25, 0.3) is 0 Å². The lowest BCUT2D eigenvalue weighted by atomic mass is 9.93. The summed E-state index contributed by atoms with van der Waals surface area (Å²) in [5.41, 5.74) is 1.14. The van der Waals surface area contributed by atoms with Gasteiger partial charge in [-0.2, -0.15) is 0 Å². The molecule has 1 aliphatic rings. The largest absolute Gasteiger partial charge is 0.353 e. The van der Waals surface area contributed by atoms with E-state index in [1.807, 2.05) is 31.2 Å². The molecule has 0 saturated carbocycles. The van der Waals surface area contributed by atoms with Gasteiger partial charge < -0.3 is 5.32 Å². The average molecular weight is 210 g/mol. The molecule has 0 bridgehead atoms. The molecular formula is C11H12ClNO. The second-order valence-corrected chi connectivity index (χ2v) is 4.16. The van der Waals surface area contributed by atoms with Crippen molar-refractivity contribution >= 4 is 17.5 Å². The number of rotatable bonds is 1. The fraction of sp³-hybridized carbons (Fsp3) is 0.364. The van der Waals surface area contributed by atoms with Gasteiger partial charge in [-0.3, -0.25) is 4.79 Å². The summed E-state index contributed by atoms with van der Waals surface area (Å²) in [6.45, 7) is 2.02. The van der Waals surface area contributed by atoms with Gasteiger partial charge in [0.05, 0.1) is 0 Å². The normalized spacial score (nSPS) is 26.3. The molecule has 0 aromatic heterocycles. The van der Waals surface area contributed by atoms with Crippen molar-refractivity contribution in [3.05, 3.63) is 34.9 Å². The van der Waals surface area contributed by atoms with Crippen molar-refractivity contribution in [1.29, 1.82) is 0 Å². The van der Waals surface area contributed by atoms with Crippen molar-refractivity contribution in [2.75, 3.05) is 0 Å². The number of hydrogen-bond donors (Lipinski definition) is 1. The van der Waals surface area contributed by atoms with E-state index in [-0.39, 0.29) is 17.9 Å². The third kappa shape index (κ3) is 1.75. The lowest BCUT2D eigenvalue weighted by molar-refractivity contribution is -0.119. The Hall–Kier alpha value is -1.02. The summed E-state index contributed by atoms with van der Waals surface area (Å²) in [5.74, 6) is 0.392. The van der Waals surface area contributed by atoms with Crippen molar-refractivity contribution in [3.63, 3.8) is 0 Å². The number of carbonyl (C=O) groups excluding carboxylic acids is 1. The third-order valence-corrected chi connectivity index (χ3v) is 2.91. The average Bonchev–Trinajstić information content (AvgIpc) is 2.45. The van der Waals surface area contributed by atoms with E-state index in [1.165, 1.54) is 0 Å². The van der Waals surface area contributed by atoms with Crippen LogP contribution in [0.1, 0.15) is 24.8 Å². The van der Waals surface area contributed by atoms with Gasteiger partial charge in [-0.15, -0.1) is 0 Å². The molecule has 1 aromatic carbocycles. The monoisotopic (exact) mass is 209 g/mol. The molecule has 2 rings (SSSR count). The molecule has 0 spiro atoms. The zero-order valence-corrected chi connectivity index (χ0v) is 8.71. The minimum atomic E-state index is 0.127. The smallest absolute Gasteiger partial charge is 0.220 e. The van der Waals surface area contributed by atoms with E-state index in [4.69, 9.17) is 11.6 Å². The molecule has 0 unspecified atom stereocenters. The number of carbonyl (C=O) groups is 1. The maximum absolute atomic E-state index is 11.2. The van der Waals surface area contributed by atoms with Gasteiger partial charge in [-0.25, -0.2) is 0 Å². The van der Waals surface area contributed by atoms with Crippen LogP contribution in [0.3, 0.4) is 0 Å². The minimum Gasteiger partial charge on any atom is -0.353 e. The van der Waals surface area contributed by atoms with Crippen LogP contribution in [0.15, 0.2) is 24.3 Å². The summed E-state index contributed by atoms with van der Waals surface area (Å²) in [5, 5.41) is 3.63. The highest BCUT2D eigenvalue weighted by atomic mass is 35.5. The predicted molar refractivity (Wildman–Crippen MR) is 56.4 cm³/mol. The van der Waals surface area contributed by atoms with Crippen LogP contribution in [0.2, 0.25) is 5.02 Å². The number of amides is 1. The van der Waals surface area contributed by atoms with Crippen LogP contribution in [-0.2, 0) is 4.79 Å². The fourth-order valence-corrected chi connectivity index (χ4v) is 2.13. The molecule has 1 aliphatic heterocycles. The first-order valence-corrected chi connectivity index (χ1v) is 5.09. The van der Waals surface area contributed by atoms with Gasteiger partial charge in [0.15, 0.2) is 0 Å². The Balaban J connectivity index is 2.27. The lowest BCUT2D eigenvalue weighted by Crippen LogP contribution is -2.24. The standard InChI is InChI=1S/C11H12ClNO/c1-7-10(6-11(14)13-7)8-3-2-4-9(12)5-8/h2-5,7,10H,6H2,1H3,(H,13,14)/t7-,10-/m1/s1. The fourth-order valence-electron chi connectivity index (χ4n) is 1.93. The van der Waals surface area contributed by atoms with Gasteiger partial charge in [0, 0.05) is 23.4 Å². The van der Waals surface area contributed by atoms with Gasteiger partial charge in [-0.1, -0.05) is 23.7 Å². The molecule has 2 nitrogen and oxygen atoms in total. The maximum atomic E-state index is 11.2. The van der Waals surface area contributed by atoms with E-state index in [0.29, 0.717) is 6.42 Å². The number of halogens is 1. The summed E-state index contributed by atoms with van der Waals surface area (Å²) < 4.78 is 0. The first-order valence-electron chi connectivity index (χ1n) is 4.71. The Labute approximate surface area is 88.3 Å². The zero-order chi connectivity index (χ0) is 10.1. The molecule has 14 heavy (non-hydrogen) atoms. The third-order valence-electron chi connectivity index (χ3n) is 2.67. The van der Waals surface area contributed by atoms with Gasteiger partial charge in [-0.05, 0) is 24.6 Å². The van der Waals surface area contributed by atoms with Crippen molar-refractivity contribution in [2.24, 2.45) is 0 Å². The van der Waals surface area contributed by atoms with Crippen LogP contribution in [0.4, 0.5) is 0 Å². The molecule has 1 N–H and O–H groups in total. The highest BCUT2D eigenvalue weighted by Gasteiger charge is 2.29. The summed E-state index contributed by atoms with van der Waals surface area (Å²) in [6.07, 6.45) is 0.571. The van der Waals surface area contributed by atoms with E-state index < -0.39 is 0 Å². The Morgan fingerprint density at radius 1 is 1.50 bits per heavy atom. The Bertz CT molecular complexity index is 364. The zero-order valence-electron chi connectivity index (χ0n) is 7.96. The Kier molecular flexibility index (Phi) is 2.46. The van der Waals surface area contributed by atoms with E-state index in [9.17, 15) is 4.79 Å². The molecule has 1 heterocycles. The van der Waals surface area contributed by atoms with Gasteiger partial charge in [0.1, 0.15) is 0 Å². The molecule has 2 atom stereocenters. The number of benzene rings is 1. The quantitative estimate of drug-likeness (QED) is 0.756.